The van der Waals surface area contributed by atoms with Crippen molar-refractivity contribution in [1.82, 2.24) is 0 Å². The van der Waals surface area contributed by atoms with Gasteiger partial charge in [-0.2, -0.15) is 0 Å². The molecule has 0 saturated carbocycles. The Bertz CT molecular complexity index is 2290. The molecule has 0 radical (unpaired) electrons. The van der Waals surface area contributed by atoms with Crippen LogP contribution in [0.2, 0.25) is 0 Å². The number of rotatable bonds is 0. The molecule has 5 aromatic carbocycles. The zero-order chi connectivity index (χ0) is 33.4. The van der Waals surface area contributed by atoms with Gasteiger partial charge in [-0.05, 0) is 116 Å². The van der Waals surface area contributed by atoms with E-state index >= 15 is 0 Å². The molecule has 1 nitrogen and oxygen atoms in total. The van der Waals surface area contributed by atoms with Crippen LogP contribution < -0.4 is 37.7 Å². The molecule has 3 heteroatoms. The lowest BCUT2D eigenvalue weighted by Gasteiger charge is -2.58. The van der Waals surface area contributed by atoms with Crippen molar-refractivity contribution >= 4 is 63.3 Å². The third-order valence-electron chi connectivity index (χ3n) is 14.5. The molecule has 0 N–H and O–H groups in total. The minimum absolute atomic E-state index is 0.0888. The van der Waals surface area contributed by atoms with Crippen LogP contribution >= 0.6 is 0 Å². The fourth-order valence-corrected chi connectivity index (χ4v) is 13.1. The average molecular weight is 619 g/mol. The number of benzene rings is 5. The van der Waals surface area contributed by atoms with Gasteiger partial charge < -0.3 is 4.90 Å². The van der Waals surface area contributed by atoms with Gasteiger partial charge in [0.1, 0.15) is 0 Å². The van der Waals surface area contributed by atoms with Gasteiger partial charge in [-0.15, -0.1) is 0 Å². The second-order valence-electron chi connectivity index (χ2n) is 18.2. The van der Waals surface area contributed by atoms with Gasteiger partial charge in [-0.1, -0.05) is 115 Å². The second kappa shape index (κ2) is 7.75. The Hall–Kier alpha value is -3.97. The minimum atomic E-state index is -0.126. The number of nitrogens with zero attached hydrogens (tertiary/aromatic N) is 1. The highest BCUT2D eigenvalue weighted by molar-refractivity contribution is 7.04. The summed E-state index contributed by atoms with van der Waals surface area (Å²) in [6.45, 7) is 27.8. The number of hydrogen-bond acceptors (Lipinski definition) is 1. The van der Waals surface area contributed by atoms with Crippen molar-refractivity contribution in [3.05, 3.63) is 122 Å². The highest BCUT2D eigenvalue weighted by Crippen LogP contribution is 2.54. The average Bonchev–Trinajstić information content (AvgIpc) is 3.02. The topological polar surface area (TPSA) is 3.24 Å². The van der Waals surface area contributed by atoms with E-state index in [0.29, 0.717) is 0 Å². The van der Waals surface area contributed by atoms with Gasteiger partial charge in [-0.25, -0.2) is 0 Å². The molecule has 0 atom stereocenters. The summed E-state index contributed by atoms with van der Waals surface area (Å²) in [5.74, 6) is 0. The van der Waals surface area contributed by atoms with Crippen molar-refractivity contribution in [2.75, 3.05) is 4.90 Å². The monoisotopic (exact) mass is 619 g/mol. The molecule has 0 fully saturated rings. The Kier molecular flexibility index (Phi) is 4.51. The summed E-state index contributed by atoms with van der Waals surface area (Å²) in [5, 5.41) is 0. The van der Waals surface area contributed by atoms with Crippen molar-refractivity contribution in [3.8, 4) is 0 Å². The Morgan fingerprint density at radius 1 is 0.417 bits per heavy atom. The maximum absolute atomic E-state index is 2.79. The van der Waals surface area contributed by atoms with Gasteiger partial charge in [0.15, 0.2) is 0 Å². The number of hydrogen-bond donors (Lipinski definition) is 0. The predicted molar refractivity (Wildman–Crippen MR) is 206 cm³/mol. The van der Waals surface area contributed by atoms with Crippen LogP contribution in [0.3, 0.4) is 0 Å². The van der Waals surface area contributed by atoms with Crippen LogP contribution in [0.25, 0.3) is 0 Å². The summed E-state index contributed by atoms with van der Waals surface area (Å²) in [6, 6.07) is 24.4. The van der Waals surface area contributed by atoms with Gasteiger partial charge in [0.25, 0.3) is 0 Å². The summed E-state index contributed by atoms with van der Waals surface area (Å²) in [6.07, 6.45) is 0. The number of aryl methyl sites for hydroxylation is 2. The maximum atomic E-state index is 2.79. The zero-order valence-corrected chi connectivity index (χ0v) is 30.4. The van der Waals surface area contributed by atoms with Crippen LogP contribution in [0.1, 0.15) is 117 Å². The van der Waals surface area contributed by atoms with Crippen molar-refractivity contribution < 1.29 is 0 Å². The quantitative estimate of drug-likeness (QED) is 0.180. The van der Waals surface area contributed by atoms with Crippen LogP contribution in [-0.4, -0.2) is 13.4 Å². The number of fused-ring (bicyclic) bond motifs is 2. The van der Waals surface area contributed by atoms with E-state index in [9.17, 15) is 0 Å². The predicted octanol–water partition coefficient (Wildman–Crippen LogP) is 6.30. The molecule has 11 rings (SSSR count). The van der Waals surface area contributed by atoms with Gasteiger partial charge in [0.05, 0.1) is 0 Å². The first kappa shape index (κ1) is 27.9. The second-order valence-corrected chi connectivity index (χ2v) is 18.2. The van der Waals surface area contributed by atoms with E-state index in [0.717, 1.165) is 0 Å². The fraction of sp³-hybridized carbons (Fsp3) is 0.333. The first-order valence-electron chi connectivity index (χ1n) is 18.2. The third-order valence-corrected chi connectivity index (χ3v) is 14.5. The Morgan fingerprint density at radius 3 is 1.15 bits per heavy atom. The lowest BCUT2D eigenvalue weighted by Crippen LogP contribution is -2.75. The lowest BCUT2D eigenvalue weighted by atomic mass is 9.21. The normalized spacial score (nSPS) is 20.1. The van der Waals surface area contributed by atoms with Crippen molar-refractivity contribution in [2.24, 2.45) is 0 Å². The molecule has 0 spiro atoms. The summed E-state index contributed by atoms with van der Waals surface area (Å²) in [5.41, 5.74) is 30.1. The van der Waals surface area contributed by atoms with Crippen LogP contribution in [0.15, 0.2) is 60.7 Å². The largest absolute Gasteiger partial charge is 0.312 e. The Balaban J connectivity index is 1.43. The molecule has 234 valence electrons. The molecule has 6 aliphatic rings. The minimum Gasteiger partial charge on any atom is -0.312 e. The van der Waals surface area contributed by atoms with Crippen molar-refractivity contribution in [2.45, 2.75) is 97.8 Å². The summed E-state index contributed by atoms with van der Waals surface area (Å²) < 4.78 is 0. The first-order valence-corrected chi connectivity index (χ1v) is 18.2. The van der Waals surface area contributed by atoms with Gasteiger partial charge in [0.2, 0.25) is 13.4 Å². The smallest absolute Gasteiger partial charge is 0.248 e. The molecule has 0 amide bonds. The molecule has 0 saturated heterocycles. The van der Waals surface area contributed by atoms with E-state index in [4.69, 9.17) is 0 Å². The molecular formula is C45H43B2N. The standard InChI is InChI=1S/C45H43B2N/c1-22-18-20-29-37-31(22)42(4,5)25-14-12-16-27-35(25)46(37)39-33(44(27,8)9)24(3)34-40-41(39)48(29)30-21-19-23(2)32-38(30)47(40)36-26(43(32,6)7)15-13-17-28(36)45(34,10)11/h12-21H,1-11H3. The van der Waals surface area contributed by atoms with Crippen LogP contribution in [-0.2, 0) is 21.7 Å². The number of anilines is 3. The van der Waals surface area contributed by atoms with Gasteiger partial charge in [-0.3, -0.25) is 0 Å². The maximum Gasteiger partial charge on any atom is 0.248 e. The van der Waals surface area contributed by atoms with E-state index in [2.05, 4.69) is 142 Å². The van der Waals surface area contributed by atoms with Crippen LogP contribution in [0.5, 0.6) is 0 Å². The molecule has 5 aromatic rings. The third kappa shape index (κ3) is 2.57. The summed E-state index contributed by atoms with van der Waals surface area (Å²) in [7, 11) is 0. The van der Waals surface area contributed by atoms with Gasteiger partial charge >= 0.3 is 0 Å². The molecule has 0 bridgehead atoms. The van der Waals surface area contributed by atoms with E-state index in [1.807, 2.05) is 0 Å². The molecule has 6 aliphatic heterocycles. The van der Waals surface area contributed by atoms with Crippen LogP contribution in [0.4, 0.5) is 17.1 Å². The molecule has 0 aliphatic carbocycles. The van der Waals surface area contributed by atoms with E-state index in [1.165, 1.54) is 67.1 Å². The van der Waals surface area contributed by atoms with Crippen LogP contribution in [0, 0.1) is 20.8 Å². The first-order chi connectivity index (χ1) is 22.6. The SMILES string of the molecule is Cc1ccc2c3c1C(C)(C)c1cccc4c1B3c1c3c5c(c(C)c1C4(C)C)C(C)(C)c1cccc4c1B5c1c(ccc(C)c1C4(C)C)N23. The summed E-state index contributed by atoms with van der Waals surface area (Å²) in [4.78, 5) is 2.79. The van der Waals surface area contributed by atoms with Crippen molar-refractivity contribution in [1.29, 1.82) is 0 Å². The lowest BCUT2D eigenvalue weighted by molar-refractivity contribution is 0.600. The zero-order valence-electron chi connectivity index (χ0n) is 30.4. The fourth-order valence-electron chi connectivity index (χ4n) is 13.1. The molecule has 48 heavy (non-hydrogen) atoms. The molecule has 0 aromatic heterocycles. The molecular weight excluding hydrogens is 576 g/mol. The Labute approximate surface area is 287 Å². The Morgan fingerprint density at radius 2 is 0.771 bits per heavy atom. The molecule has 0 unspecified atom stereocenters. The van der Waals surface area contributed by atoms with Gasteiger partial charge in [0, 0.05) is 38.7 Å². The van der Waals surface area contributed by atoms with Crippen molar-refractivity contribution in [3.63, 3.8) is 0 Å². The van der Waals surface area contributed by atoms with E-state index < -0.39 is 0 Å². The highest BCUT2D eigenvalue weighted by Gasteiger charge is 2.60. The highest BCUT2D eigenvalue weighted by atomic mass is 15.2. The van der Waals surface area contributed by atoms with E-state index in [1.54, 1.807) is 43.9 Å². The molecule has 6 heterocycles. The van der Waals surface area contributed by atoms with E-state index in [-0.39, 0.29) is 35.1 Å². The summed E-state index contributed by atoms with van der Waals surface area (Å²) >= 11 is 0.